The molecule has 1 rings (SSSR count). The lowest BCUT2D eigenvalue weighted by molar-refractivity contribution is -0.139. The number of nitrogens with zero attached hydrogens (tertiary/aromatic N) is 1. The molecule has 56 valence electrons. The summed E-state index contributed by atoms with van der Waals surface area (Å²) in [5, 5.41) is 0. The number of carbonyl (C=O) groups excluding carboxylic acids is 1. The number of ether oxygens (including phenoxy) is 1. The third-order valence-electron chi connectivity index (χ3n) is 1.26. The molecule has 4 heteroatoms. The van der Waals surface area contributed by atoms with Gasteiger partial charge in [0.15, 0.2) is 0 Å². The Bertz CT molecular complexity index is 158. The molecule has 0 atom stereocenters. The van der Waals surface area contributed by atoms with Gasteiger partial charge >= 0.3 is 0 Å². The number of halogens is 1. The van der Waals surface area contributed by atoms with Crippen LogP contribution in [-0.2, 0) is 9.53 Å². The summed E-state index contributed by atoms with van der Waals surface area (Å²) in [6.07, 6.45) is 1.77. The third kappa shape index (κ3) is 1.95. The normalized spacial score (nSPS) is 20.5. The fourth-order valence-electron chi connectivity index (χ4n) is 0.756. The Labute approximate surface area is 73.2 Å². The molecule has 0 radical (unpaired) electrons. The molecule has 0 N–H and O–H groups in total. The first-order valence-corrected chi connectivity index (χ1v) is 4.23. The Morgan fingerprint density at radius 1 is 1.70 bits per heavy atom. The van der Waals surface area contributed by atoms with Gasteiger partial charge in [0.25, 0.3) is 5.91 Å². The highest BCUT2D eigenvalue weighted by atomic mass is 127. The van der Waals surface area contributed by atoms with E-state index in [2.05, 4.69) is 22.6 Å². The summed E-state index contributed by atoms with van der Waals surface area (Å²) in [7, 11) is 0. The lowest BCUT2D eigenvalue weighted by Crippen LogP contribution is -2.37. The largest absolute Gasteiger partial charge is 0.370 e. The van der Waals surface area contributed by atoms with Crippen molar-refractivity contribution in [3.05, 3.63) is 10.3 Å². The van der Waals surface area contributed by atoms with Gasteiger partial charge < -0.3 is 9.64 Å². The van der Waals surface area contributed by atoms with Crippen molar-refractivity contribution in [2.45, 2.75) is 0 Å². The van der Waals surface area contributed by atoms with E-state index in [9.17, 15) is 4.79 Å². The minimum Gasteiger partial charge on any atom is -0.370 e. The summed E-state index contributed by atoms with van der Waals surface area (Å²) in [5.41, 5.74) is 0. The quantitative estimate of drug-likeness (QED) is 0.645. The van der Waals surface area contributed by atoms with Gasteiger partial charge in [-0.2, -0.15) is 0 Å². The highest BCUT2D eigenvalue weighted by Gasteiger charge is 2.14. The molecule has 0 bridgehead atoms. The first-order chi connectivity index (χ1) is 4.84. The van der Waals surface area contributed by atoms with Crippen molar-refractivity contribution in [3.8, 4) is 0 Å². The number of hydrogen-bond acceptors (Lipinski definition) is 2. The van der Waals surface area contributed by atoms with Gasteiger partial charge in [0.05, 0.1) is 6.61 Å². The highest BCUT2D eigenvalue weighted by molar-refractivity contribution is 14.1. The van der Waals surface area contributed by atoms with E-state index in [1.165, 1.54) is 0 Å². The zero-order chi connectivity index (χ0) is 7.40. The second-order valence-electron chi connectivity index (χ2n) is 1.91. The number of amides is 1. The summed E-state index contributed by atoms with van der Waals surface area (Å²) in [4.78, 5) is 12.6. The van der Waals surface area contributed by atoms with Crippen molar-refractivity contribution in [1.29, 1.82) is 0 Å². The Morgan fingerprint density at radius 3 is 3.10 bits per heavy atom. The van der Waals surface area contributed by atoms with Gasteiger partial charge in [0, 0.05) is 12.7 Å². The minimum atomic E-state index is 0.0409. The van der Waals surface area contributed by atoms with Gasteiger partial charge in [0.2, 0.25) is 0 Å². The van der Waals surface area contributed by atoms with Crippen LogP contribution in [-0.4, -0.2) is 30.6 Å². The molecule has 1 amide bonds. The van der Waals surface area contributed by atoms with E-state index in [1.807, 2.05) is 4.08 Å². The van der Waals surface area contributed by atoms with E-state index in [0.717, 1.165) is 0 Å². The molecule has 0 aromatic carbocycles. The number of morpholine rings is 1. The van der Waals surface area contributed by atoms with Gasteiger partial charge in [-0.25, -0.2) is 0 Å². The SMILES string of the molecule is O=C1COCCN1/C=C/I. The van der Waals surface area contributed by atoms with Gasteiger partial charge in [-0.3, -0.25) is 4.79 Å². The first kappa shape index (κ1) is 8.00. The van der Waals surface area contributed by atoms with Gasteiger partial charge in [-0.1, -0.05) is 22.6 Å². The van der Waals surface area contributed by atoms with Gasteiger partial charge in [-0.15, -0.1) is 0 Å². The van der Waals surface area contributed by atoms with Crippen LogP contribution in [0.25, 0.3) is 0 Å². The molecule has 1 heterocycles. The predicted molar refractivity (Wildman–Crippen MR) is 45.7 cm³/mol. The molecule has 0 aromatic rings. The van der Waals surface area contributed by atoms with Crippen LogP contribution in [0.5, 0.6) is 0 Å². The van der Waals surface area contributed by atoms with Crippen molar-refractivity contribution in [3.63, 3.8) is 0 Å². The lowest BCUT2D eigenvalue weighted by Gasteiger charge is -2.22. The Hall–Kier alpha value is -0.100. The van der Waals surface area contributed by atoms with Crippen LogP contribution in [0.3, 0.4) is 0 Å². The maximum atomic E-state index is 10.9. The number of rotatable bonds is 1. The molecule has 0 aromatic heterocycles. The molecule has 1 saturated heterocycles. The molecular weight excluding hydrogens is 245 g/mol. The molecule has 3 nitrogen and oxygen atoms in total. The van der Waals surface area contributed by atoms with Crippen LogP contribution in [0.1, 0.15) is 0 Å². The van der Waals surface area contributed by atoms with Crippen LogP contribution in [0.15, 0.2) is 10.3 Å². The van der Waals surface area contributed by atoms with E-state index >= 15 is 0 Å². The van der Waals surface area contributed by atoms with Crippen LogP contribution in [0.2, 0.25) is 0 Å². The minimum absolute atomic E-state index is 0.0409. The lowest BCUT2D eigenvalue weighted by atomic mass is 10.4. The topological polar surface area (TPSA) is 29.5 Å². The van der Waals surface area contributed by atoms with Gasteiger partial charge in [-0.05, 0) is 4.08 Å². The van der Waals surface area contributed by atoms with Crippen LogP contribution < -0.4 is 0 Å². The second-order valence-corrected chi connectivity index (χ2v) is 2.63. The van der Waals surface area contributed by atoms with E-state index < -0.39 is 0 Å². The van der Waals surface area contributed by atoms with Crippen LogP contribution in [0, 0.1) is 0 Å². The Kier molecular flexibility index (Phi) is 3.14. The molecule has 10 heavy (non-hydrogen) atoms. The summed E-state index contributed by atoms with van der Waals surface area (Å²) in [5.74, 6) is 0.0409. The average Bonchev–Trinajstić information content (AvgIpc) is 1.94. The molecular formula is C6H8INO2. The average molecular weight is 253 g/mol. The van der Waals surface area contributed by atoms with Crippen molar-refractivity contribution in [1.82, 2.24) is 4.90 Å². The van der Waals surface area contributed by atoms with Crippen molar-refractivity contribution in [2.75, 3.05) is 19.8 Å². The fraction of sp³-hybridized carbons (Fsp3) is 0.500. The molecule has 0 unspecified atom stereocenters. The third-order valence-corrected chi connectivity index (χ3v) is 1.58. The van der Waals surface area contributed by atoms with Crippen molar-refractivity contribution >= 4 is 28.5 Å². The molecule has 0 aliphatic carbocycles. The number of carbonyl (C=O) groups is 1. The second kappa shape index (κ2) is 3.92. The Balaban J connectivity index is 2.48. The van der Waals surface area contributed by atoms with E-state index in [0.29, 0.717) is 13.2 Å². The van der Waals surface area contributed by atoms with Crippen molar-refractivity contribution < 1.29 is 9.53 Å². The summed E-state index contributed by atoms with van der Waals surface area (Å²) >= 11 is 2.08. The predicted octanol–water partition coefficient (Wildman–Crippen LogP) is 0.751. The monoisotopic (exact) mass is 253 g/mol. The molecule has 1 aliphatic rings. The fourth-order valence-corrected chi connectivity index (χ4v) is 1.14. The first-order valence-electron chi connectivity index (χ1n) is 2.98. The Morgan fingerprint density at radius 2 is 2.50 bits per heavy atom. The standard InChI is InChI=1S/C6H8INO2/c7-1-2-8-3-4-10-5-6(8)9/h1-2H,3-5H2/b2-1+. The van der Waals surface area contributed by atoms with Gasteiger partial charge in [0.1, 0.15) is 6.61 Å². The summed E-state index contributed by atoms with van der Waals surface area (Å²) in [6.45, 7) is 1.55. The van der Waals surface area contributed by atoms with Crippen molar-refractivity contribution in [2.24, 2.45) is 0 Å². The maximum Gasteiger partial charge on any atom is 0.252 e. The zero-order valence-electron chi connectivity index (χ0n) is 5.42. The van der Waals surface area contributed by atoms with Crippen LogP contribution in [0.4, 0.5) is 0 Å². The molecule has 1 fully saturated rings. The molecule has 1 aliphatic heterocycles. The maximum absolute atomic E-state index is 10.9. The molecule has 0 spiro atoms. The highest BCUT2D eigenvalue weighted by Crippen LogP contribution is 2.00. The summed E-state index contributed by atoms with van der Waals surface area (Å²) < 4.78 is 6.75. The summed E-state index contributed by atoms with van der Waals surface area (Å²) in [6, 6.07) is 0. The van der Waals surface area contributed by atoms with E-state index in [4.69, 9.17) is 4.74 Å². The van der Waals surface area contributed by atoms with Crippen LogP contribution >= 0.6 is 22.6 Å². The number of hydrogen-bond donors (Lipinski definition) is 0. The zero-order valence-corrected chi connectivity index (χ0v) is 7.58. The van der Waals surface area contributed by atoms with E-state index in [-0.39, 0.29) is 12.5 Å². The smallest absolute Gasteiger partial charge is 0.252 e. The molecule has 0 saturated carbocycles. The van der Waals surface area contributed by atoms with E-state index in [1.54, 1.807) is 11.1 Å².